The predicted octanol–water partition coefficient (Wildman–Crippen LogP) is 2.20. The molecule has 1 N–H and O–H groups in total. The molecule has 0 spiro atoms. The normalized spacial score (nSPS) is 9.44. The van der Waals surface area contributed by atoms with E-state index in [-0.39, 0.29) is 5.91 Å². The number of hydrogen-bond acceptors (Lipinski definition) is 3. The van der Waals surface area contributed by atoms with Crippen LogP contribution in [0.2, 0.25) is 0 Å². The molecule has 0 fully saturated rings. The van der Waals surface area contributed by atoms with Gasteiger partial charge in [0.1, 0.15) is 0 Å². The number of nitriles is 1. The first kappa shape index (κ1) is 12.6. The molecule has 84 valence electrons. The number of nitrogens with zero attached hydrogens (tertiary/aromatic N) is 1. The van der Waals surface area contributed by atoms with E-state index in [2.05, 4.69) is 5.32 Å². The first-order valence-corrected chi connectivity index (χ1v) is 6.13. The highest BCUT2D eigenvalue weighted by Crippen LogP contribution is 2.15. The fourth-order valence-electron chi connectivity index (χ4n) is 1.11. The van der Waals surface area contributed by atoms with E-state index in [1.165, 1.54) is 11.8 Å². The Bertz CT molecular complexity index is 359. The van der Waals surface area contributed by atoms with E-state index in [9.17, 15) is 4.79 Å². The highest BCUT2D eigenvalue weighted by molar-refractivity contribution is 8.00. The molecule has 3 nitrogen and oxygen atoms in total. The minimum Gasteiger partial charge on any atom is -0.355 e. The summed E-state index contributed by atoms with van der Waals surface area (Å²) in [7, 11) is 0. The molecule has 16 heavy (non-hydrogen) atoms. The molecule has 4 heteroatoms. The molecule has 0 aliphatic rings. The third-order valence-electron chi connectivity index (χ3n) is 1.90. The summed E-state index contributed by atoms with van der Waals surface area (Å²) in [5.74, 6) is 0.447. The van der Waals surface area contributed by atoms with Gasteiger partial charge in [0.15, 0.2) is 0 Å². The molecule has 1 aromatic carbocycles. The molecule has 1 aromatic rings. The number of unbranched alkanes of at least 4 members (excludes halogenated alkanes) is 1. The van der Waals surface area contributed by atoms with Crippen molar-refractivity contribution >= 4 is 17.7 Å². The van der Waals surface area contributed by atoms with E-state index in [1.807, 2.05) is 36.4 Å². The predicted molar refractivity (Wildman–Crippen MR) is 65.0 cm³/mol. The van der Waals surface area contributed by atoms with Gasteiger partial charge in [-0.2, -0.15) is 5.26 Å². The van der Waals surface area contributed by atoms with Crippen LogP contribution in [0, 0.1) is 11.3 Å². The van der Waals surface area contributed by atoms with Crippen molar-refractivity contribution in [1.82, 2.24) is 5.32 Å². The van der Waals surface area contributed by atoms with Crippen molar-refractivity contribution in [1.29, 1.82) is 5.26 Å². The molecule has 0 aliphatic carbocycles. The number of hydrogen-bond donors (Lipinski definition) is 1. The fraction of sp³-hybridized carbons (Fsp3) is 0.333. The Labute approximate surface area is 99.8 Å². The standard InChI is InChI=1S/C12H14N2OS/c13-8-4-5-9-14-12(15)10-16-11-6-2-1-3-7-11/h1-3,6-7H,4-5,9-10H2,(H,14,15). The quantitative estimate of drug-likeness (QED) is 0.606. The van der Waals surface area contributed by atoms with E-state index in [0.717, 1.165) is 11.3 Å². The lowest BCUT2D eigenvalue weighted by molar-refractivity contribution is -0.118. The molecule has 0 bridgehead atoms. The van der Waals surface area contributed by atoms with E-state index in [0.29, 0.717) is 18.7 Å². The van der Waals surface area contributed by atoms with E-state index >= 15 is 0 Å². The third-order valence-corrected chi connectivity index (χ3v) is 2.91. The Balaban J connectivity index is 2.14. The summed E-state index contributed by atoms with van der Waals surface area (Å²) in [6.07, 6.45) is 1.21. The van der Waals surface area contributed by atoms with Crippen molar-refractivity contribution in [2.24, 2.45) is 0 Å². The second kappa shape index (κ2) is 7.77. The minimum atomic E-state index is 0.0202. The van der Waals surface area contributed by atoms with Gasteiger partial charge in [0, 0.05) is 17.9 Å². The first-order valence-electron chi connectivity index (χ1n) is 5.14. The number of benzene rings is 1. The monoisotopic (exact) mass is 234 g/mol. The Morgan fingerprint density at radius 1 is 1.38 bits per heavy atom. The largest absolute Gasteiger partial charge is 0.355 e. The Morgan fingerprint density at radius 2 is 2.12 bits per heavy atom. The van der Waals surface area contributed by atoms with Gasteiger partial charge in [0.2, 0.25) is 5.91 Å². The summed E-state index contributed by atoms with van der Waals surface area (Å²) in [4.78, 5) is 12.5. The van der Waals surface area contributed by atoms with Gasteiger partial charge in [-0.15, -0.1) is 11.8 Å². The number of rotatable bonds is 6. The lowest BCUT2D eigenvalue weighted by Gasteiger charge is -2.03. The number of carbonyl (C=O) groups excluding carboxylic acids is 1. The van der Waals surface area contributed by atoms with Crippen molar-refractivity contribution in [2.75, 3.05) is 12.3 Å². The molecular weight excluding hydrogens is 220 g/mol. The smallest absolute Gasteiger partial charge is 0.230 e. The molecule has 0 saturated carbocycles. The zero-order chi connectivity index (χ0) is 11.6. The second-order valence-electron chi connectivity index (χ2n) is 3.21. The summed E-state index contributed by atoms with van der Waals surface area (Å²) in [5.41, 5.74) is 0. The summed E-state index contributed by atoms with van der Waals surface area (Å²) < 4.78 is 0. The first-order chi connectivity index (χ1) is 7.83. The van der Waals surface area contributed by atoms with Gasteiger partial charge in [-0.05, 0) is 18.6 Å². The van der Waals surface area contributed by atoms with Gasteiger partial charge in [-0.3, -0.25) is 4.79 Å². The molecule has 0 radical (unpaired) electrons. The van der Waals surface area contributed by atoms with Gasteiger partial charge in [-0.25, -0.2) is 0 Å². The maximum absolute atomic E-state index is 11.4. The zero-order valence-electron chi connectivity index (χ0n) is 8.98. The van der Waals surface area contributed by atoms with Crippen molar-refractivity contribution in [3.8, 4) is 6.07 Å². The van der Waals surface area contributed by atoms with Crippen LogP contribution in [0.15, 0.2) is 35.2 Å². The van der Waals surface area contributed by atoms with Crippen LogP contribution in [0.4, 0.5) is 0 Å². The second-order valence-corrected chi connectivity index (χ2v) is 4.26. The van der Waals surface area contributed by atoms with Crippen molar-refractivity contribution in [3.05, 3.63) is 30.3 Å². The topological polar surface area (TPSA) is 52.9 Å². The molecule has 0 saturated heterocycles. The lowest BCUT2D eigenvalue weighted by Crippen LogP contribution is -2.25. The minimum absolute atomic E-state index is 0.0202. The highest BCUT2D eigenvalue weighted by Gasteiger charge is 2.01. The summed E-state index contributed by atoms with van der Waals surface area (Å²) in [6, 6.07) is 11.9. The van der Waals surface area contributed by atoms with Crippen LogP contribution in [-0.2, 0) is 4.79 Å². The molecule has 0 unspecified atom stereocenters. The SMILES string of the molecule is N#CCCCNC(=O)CSc1ccccc1. The van der Waals surface area contributed by atoms with E-state index in [4.69, 9.17) is 5.26 Å². The molecule has 0 atom stereocenters. The van der Waals surface area contributed by atoms with Crippen LogP contribution < -0.4 is 5.32 Å². The zero-order valence-corrected chi connectivity index (χ0v) is 9.80. The summed E-state index contributed by atoms with van der Waals surface area (Å²) >= 11 is 1.52. The molecule has 0 aromatic heterocycles. The average Bonchev–Trinajstić information content (AvgIpc) is 2.33. The van der Waals surface area contributed by atoms with Gasteiger partial charge >= 0.3 is 0 Å². The van der Waals surface area contributed by atoms with E-state index in [1.54, 1.807) is 0 Å². The molecule has 1 amide bonds. The van der Waals surface area contributed by atoms with Crippen LogP contribution in [0.25, 0.3) is 0 Å². The molecule has 0 heterocycles. The Kier molecular flexibility index (Phi) is 6.12. The summed E-state index contributed by atoms with van der Waals surface area (Å²) in [5, 5.41) is 11.1. The number of nitrogens with one attached hydrogen (secondary N) is 1. The Hall–Kier alpha value is -1.47. The molecule has 1 rings (SSSR count). The van der Waals surface area contributed by atoms with Crippen molar-refractivity contribution in [2.45, 2.75) is 17.7 Å². The van der Waals surface area contributed by atoms with Crippen molar-refractivity contribution in [3.63, 3.8) is 0 Å². The van der Waals surface area contributed by atoms with Crippen LogP contribution in [0.5, 0.6) is 0 Å². The van der Waals surface area contributed by atoms with Crippen LogP contribution in [0.1, 0.15) is 12.8 Å². The number of thioether (sulfide) groups is 1. The van der Waals surface area contributed by atoms with Gasteiger partial charge in [0.25, 0.3) is 0 Å². The lowest BCUT2D eigenvalue weighted by atomic mass is 10.3. The third kappa shape index (κ3) is 5.42. The maximum Gasteiger partial charge on any atom is 0.230 e. The molecule has 0 aliphatic heterocycles. The van der Waals surface area contributed by atoms with Crippen LogP contribution in [0.3, 0.4) is 0 Å². The Morgan fingerprint density at radius 3 is 2.81 bits per heavy atom. The maximum atomic E-state index is 11.4. The number of carbonyl (C=O) groups is 1. The van der Waals surface area contributed by atoms with Gasteiger partial charge in [-0.1, -0.05) is 18.2 Å². The highest BCUT2D eigenvalue weighted by atomic mass is 32.2. The fourth-order valence-corrected chi connectivity index (χ4v) is 1.86. The summed E-state index contributed by atoms with van der Waals surface area (Å²) in [6.45, 7) is 0.585. The van der Waals surface area contributed by atoms with Crippen LogP contribution >= 0.6 is 11.8 Å². The number of amides is 1. The van der Waals surface area contributed by atoms with Crippen molar-refractivity contribution < 1.29 is 4.79 Å². The molecular formula is C12H14N2OS. The van der Waals surface area contributed by atoms with Gasteiger partial charge < -0.3 is 5.32 Å². The van der Waals surface area contributed by atoms with Gasteiger partial charge in [0.05, 0.1) is 11.8 Å². The van der Waals surface area contributed by atoms with Crippen LogP contribution in [-0.4, -0.2) is 18.2 Å². The average molecular weight is 234 g/mol. The van der Waals surface area contributed by atoms with E-state index < -0.39 is 0 Å².